The Labute approximate surface area is 117 Å². The quantitative estimate of drug-likeness (QED) is 0.566. The molecular formula is C15H18FNO3. The highest BCUT2D eigenvalue weighted by Gasteiger charge is 2.17. The van der Waals surface area contributed by atoms with Crippen molar-refractivity contribution < 1.29 is 18.7 Å². The third kappa shape index (κ3) is 5.22. The maximum Gasteiger partial charge on any atom is 0.325 e. The Bertz CT molecular complexity index is 488. The van der Waals surface area contributed by atoms with Crippen LogP contribution < -0.4 is 0 Å². The topological polar surface area (TPSA) is 46.6 Å². The van der Waals surface area contributed by atoms with Gasteiger partial charge in [0.15, 0.2) is 0 Å². The average molecular weight is 279 g/mol. The van der Waals surface area contributed by atoms with E-state index in [-0.39, 0.29) is 32.0 Å². The van der Waals surface area contributed by atoms with Gasteiger partial charge in [0.1, 0.15) is 12.4 Å². The molecule has 0 aliphatic heterocycles. The van der Waals surface area contributed by atoms with E-state index in [9.17, 15) is 14.0 Å². The van der Waals surface area contributed by atoms with Gasteiger partial charge >= 0.3 is 5.97 Å². The van der Waals surface area contributed by atoms with Crippen molar-refractivity contribution in [2.45, 2.75) is 13.3 Å². The summed E-state index contributed by atoms with van der Waals surface area (Å²) in [7, 11) is 0. The van der Waals surface area contributed by atoms with E-state index in [0.29, 0.717) is 5.56 Å². The van der Waals surface area contributed by atoms with Gasteiger partial charge in [-0.2, -0.15) is 0 Å². The molecular weight excluding hydrogens is 261 g/mol. The predicted molar refractivity (Wildman–Crippen MR) is 73.5 cm³/mol. The molecule has 20 heavy (non-hydrogen) atoms. The van der Waals surface area contributed by atoms with Gasteiger partial charge in [0.05, 0.1) is 13.0 Å². The largest absolute Gasteiger partial charge is 0.465 e. The molecule has 0 spiro atoms. The number of hydrogen-bond donors (Lipinski definition) is 0. The standard InChI is InChI=1S/C15H18FNO3/c1-3-8-17(11-15(19)20-4-2)14(18)10-12-6-5-7-13(16)9-12/h3,5-7,9H,1,4,8,10-11H2,2H3. The van der Waals surface area contributed by atoms with Crippen molar-refractivity contribution in [1.82, 2.24) is 4.90 Å². The van der Waals surface area contributed by atoms with Crippen LogP contribution in [0.2, 0.25) is 0 Å². The molecule has 0 fully saturated rings. The zero-order valence-electron chi connectivity index (χ0n) is 11.5. The Morgan fingerprint density at radius 3 is 2.80 bits per heavy atom. The van der Waals surface area contributed by atoms with E-state index >= 15 is 0 Å². The molecule has 5 heteroatoms. The lowest BCUT2D eigenvalue weighted by molar-refractivity contribution is -0.148. The van der Waals surface area contributed by atoms with Crippen LogP contribution in [0.3, 0.4) is 0 Å². The van der Waals surface area contributed by atoms with Crippen molar-refractivity contribution in [3.63, 3.8) is 0 Å². The highest BCUT2D eigenvalue weighted by molar-refractivity contribution is 5.83. The summed E-state index contributed by atoms with van der Waals surface area (Å²) in [6.07, 6.45) is 1.56. The number of esters is 1. The number of halogens is 1. The lowest BCUT2D eigenvalue weighted by Gasteiger charge is -2.20. The zero-order valence-corrected chi connectivity index (χ0v) is 11.5. The Balaban J connectivity index is 2.68. The first-order valence-corrected chi connectivity index (χ1v) is 6.35. The first kappa shape index (κ1) is 15.9. The fourth-order valence-electron chi connectivity index (χ4n) is 1.71. The van der Waals surface area contributed by atoms with E-state index in [1.54, 1.807) is 19.1 Å². The van der Waals surface area contributed by atoms with Crippen LogP contribution in [0, 0.1) is 5.82 Å². The Morgan fingerprint density at radius 2 is 2.20 bits per heavy atom. The molecule has 1 amide bonds. The fraction of sp³-hybridized carbons (Fsp3) is 0.333. The summed E-state index contributed by atoms with van der Waals surface area (Å²) >= 11 is 0. The van der Waals surface area contributed by atoms with Gasteiger partial charge in [0, 0.05) is 6.54 Å². The molecule has 0 bridgehead atoms. The van der Waals surface area contributed by atoms with Gasteiger partial charge < -0.3 is 9.64 Å². The van der Waals surface area contributed by atoms with Gasteiger partial charge in [-0.25, -0.2) is 4.39 Å². The number of amides is 1. The molecule has 0 atom stereocenters. The van der Waals surface area contributed by atoms with Crippen molar-refractivity contribution >= 4 is 11.9 Å². The molecule has 1 rings (SSSR count). The number of hydrogen-bond acceptors (Lipinski definition) is 3. The van der Waals surface area contributed by atoms with Crippen LogP contribution in [-0.4, -0.2) is 36.5 Å². The minimum atomic E-state index is -0.470. The second-order valence-electron chi connectivity index (χ2n) is 4.17. The number of nitrogens with zero attached hydrogens (tertiary/aromatic N) is 1. The Morgan fingerprint density at radius 1 is 1.45 bits per heavy atom. The number of benzene rings is 1. The third-order valence-electron chi connectivity index (χ3n) is 2.57. The van der Waals surface area contributed by atoms with E-state index in [4.69, 9.17) is 4.74 Å². The average Bonchev–Trinajstić information content (AvgIpc) is 2.38. The molecule has 0 radical (unpaired) electrons. The molecule has 0 saturated heterocycles. The summed E-state index contributed by atoms with van der Waals surface area (Å²) in [5.74, 6) is -1.14. The zero-order chi connectivity index (χ0) is 15.0. The molecule has 0 aliphatic carbocycles. The number of ether oxygens (including phenoxy) is 1. The monoisotopic (exact) mass is 279 g/mol. The van der Waals surface area contributed by atoms with Gasteiger partial charge in [-0.15, -0.1) is 6.58 Å². The number of carbonyl (C=O) groups excluding carboxylic acids is 2. The predicted octanol–water partition coefficient (Wildman–Crippen LogP) is 1.95. The normalized spacial score (nSPS) is 9.90. The smallest absolute Gasteiger partial charge is 0.325 e. The van der Waals surface area contributed by atoms with Gasteiger partial charge in [0.2, 0.25) is 5.91 Å². The van der Waals surface area contributed by atoms with Crippen LogP contribution in [0.15, 0.2) is 36.9 Å². The van der Waals surface area contributed by atoms with E-state index in [1.165, 1.54) is 23.1 Å². The lowest BCUT2D eigenvalue weighted by atomic mass is 10.1. The van der Waals surface area contributed by atoms with Crippen molar-refractivity contribution in [3.05, 3.63) is 48.3 Å². The minimum Gasteiger partial charge on any atom is -0.465 e. The van der Waals surface area contributed by atoms with E-state index < -0.39 is 11.8 Å². The molecule has 108 valence electrons. The second kappa shape index (κ2) is 8.09. The summed E-state index contributed by atoms with van der Waals surface area (Å²) in [6.45, 7) is 5.62. The van der Waals surface area contributed by atoms with Gasteiger partial charge in [-0.1, -0.05) is 18.2 Å². The first-order chi connectivity index (χ1) is 9.56. The summed E-state index contributed by atoms with van der Waals surface area (Å²) in [5, 5.41) is 0. The Kier molecular flexibility index (Phi) is 6.43. The van der Waals surface area contributed by atoms with Crippen LogP contribution in [0.25, 0.3) is 0 Å². The summed E-state index contributed by atoms with van der Waals surface area (Å²) in [4.78, 5) is 24.9. The fourth-order valence-corrected chi connectivity index (χ4v) is 1.71. The van der Waals surface area contributed by atoms with Crippen LogP contribution in [0.4, 0.5) is 4.39 Å². The van der Waals surface area contributed by atoms with Crippen LogP contribution in [0.5, 0.6) is 0 Å². The maximum absolute atomic E-state index is 13.1. The number of carbonyl (C=O) groups is 2. The molecule has 0 aliphatic rings. The van der Waals surface area contributed by atoms with Gasteiger partial charge in [-0.05, 0) is 24.6 Å². The summed E-state index contributed by atoms with van der Waals surface area (Å²) < 4.78 is 17.9. The van der Waals surface area contributed by atoms with Crippen molar-refractivity contribution in [2.75, 3.05) is 19.7 Å². The highest BCUT2D eigenvalue weighted by Crippen LogP contribution is 2.06. The highest BCUT2D eigenvalue weighted by atomic mass is 19.1. The molecule has 1 aromatic rings. The molecule has 0 N–H and O–H groups in total. The van der Waals surface area contributed by atoms with Crippen molar-refractivity contribution in [1.29, 1.82) is 0 Å². The van der Waals surface area contributed by atoms with Gasteiger partial charge in [0.25, 0.3) is 0 Å². The minimum absolute atomic E-state index is 0.0327. The SMILES string of the molecule is C=CCN(CC(=O)OCC)C(=O)Cc1cccc(F)c1. The maximum atomic E-state index is 13.1. The molecule has 1 aromatic carbocycles. The van der Waals surface area contributed by atoms with Crippen molar-refractivity contribution in [3.8, 4) is 0 Å². The van der Waals surface area contributed by atoms with Crippen molar-refractivity contribution in [2.24, 2.45) is 0 Å². The lowest BCUT2D eigenvalue weighted by Crippen LogP contribution is -2.37. The first-order valence-electron chi connectivity index (χ1n) is 6.35. The second-order valence-corrected chi connectivity index (χ2v) is 4.17. The van der Waals surface area contributed by atoms with Gasteiger partial charge in [-0.3, -0.25) is 9.59 Å². The van der Waals surface area contributed by atoms with E-state index in [2.05, 4.69) is 6.58 Å². The number of rotatable bonds is 7. The third-order valence-corrected chi connectivity index (χ3v) is 2.57. The molecule has 0 heterocycles. The molecule has 4 nitrogen and oxygen atoms in total. The molecule has 0 unspecified atom stereocenters. The van der Waals surface area contributed by atoms with E-state index in [0.717, 1.165) is 0 Å². The van der Waals surface area contributed by atoms with Crippen LogP contribution in [-0.2, 0) is 20.7 Å². The van der Waals surface area contributed by atoms with Crippen LogP contribution >= 0.6 is 0 Å². The van der Waals surface area contributed by atoms with Crippen LogP contribution in [0.1, 0.15) is 12.5 Å². The summed E-state index contributed by atoms with van der Waals surface area (Å²) in [6, 6.07) is 5.82. The Hall–Kier alpha value is -2.17. The summed E-state index contributed by atoms with van der Waals surface area (Å²) in [5.41, 5.74) is 0.563. The molecule has 0 aromatic heterocycles. The van der Waals surface area contributed by atoms with E-state index in [1.807, 2.05) is 0 Å². The molecule has 0 saturated carbocycles.